The number of rotatable bonds is 4. The van der Waals surface area contributed by atoms with Crippen LogP contribution in [0.1, 0.15) is 26.7 Å². The molecule has 7 nitrogen and oxygen atoms in total. The average Bonchev–Trinajstić information content (AvgIpc) is 3.16. The lowest BCUT2D eigenvalue weighted by molar-refractivity contribution is 0.117. The third-order valence-corrected chi connectivity index (χ3v) is 4.76. The van der Waals surface area contributed by atoms with Gasteiger partial charge in [0, 0.05) is 42.2 Å². The fourth-order valence-electron chi connectivity index (χ4n) is 3.60. The molecule has 1 aliphatic rings. The monoisotopic (exact) mass is 365 g/mol. The van der Waals surface area contributed by atoms with Crippen LogP contribution in [0.3, 0.4) is 0 Å². The number of aromatic hydroxyl groups is 1. The molecule has 0 bridgehead atoms. The van der Waals surface area contributed by atoms with Crippen LogP contribution in [-0.4, -0.2) is 43.3 Å². The summed E-state index contributed by atoms with van der Waals surface area (Å²) in [5, 5.41) is 26.5. The van der Waals surface area contributed by atoms with E-state index in [0.29, 0.717) is 29.2 Å². The second-order valence-electron chi connectivity index (χ2n) is 7.09. The zero-order chi connectivity index (χ0) is 18.8. The predicted octanol–water partition coefficient (Wildman–Crippen LogP) is 2.94. The highest BCUT2D eigenvalue weighted by atomic mass is 16.5. The van der Waals surface area contributed by atoms with E-state index in [1.54, 1.807) is 23.0 Å². The molecule has 3 atom stereocenters. The molecule has 2 aromatic heterocycles. The van der Waals surface area contributed by atoms with Gasteiger partial charge in [0.25, 0.3) is 0 Å². The van der Waals surface area contributed by atoms with Gasteiger partial charge in [0.05, 0.1) is 11.4 Å². The Kier molecular flexibility index (Phi) is 4.77. The van der Waals surface area contributed by atoms with Crippen LogP contribution in [-0.2, 0) is 0 Å². The van der Waals surface area contributed by atoms with Gasteiger partial charge in [-0.3, -0.25) is 0 Å². The highest BCUT2D eigenvalue weighted by Crippen LogP contribution is 2.30. The first-order valence-electron chi connectivity index (χ1n) is 9.18. The highest BCUT2D eigenvalue weighted by molar-refractivity contribution is 5.68. The van der Waals surface area contributed by atoms with Crippen molar-refractivity contribution in [3.8, 4) is 28.6 Å². The number of nitrogens with one attached hydrogen (secondary N) is 1. The molecular weight excluding hydrogens is 342 g/mol. The fraction of sp³-hybridized carbons (Fsp3) is 0.350. The second kappa shape index (κ2) is 7.36. The Morgan fingerprint density at radius 3 is 2.56 bits per heavy atom. The first-order chi connectivity index (χ1) is 13.1. The van der Waals surface area contributed by atoms with Gasteiger partial charge in [-0.2, -0.15) is 5.10 Å². The fourth-order valence-corrected chi connectivity index (χ4v) is 3.60. The Labute approximate surface area is 158 Å². The minimum atomic E-state index is 0.131. The number of nitrogens with zero attached hydrogens (tertiary/aromatic N) is 4. The largest absolute Gasteiger partial charge is 0.507 e. The van der Waals surface area contributed by atoms with Crippen LogP contribution in [0.15, 0.2) is 48.8 Å². The third kappa shape index (κ3) is 3.93. The molecule has 1 saturated heterocycles. The van der Waals surface area contributed by atoms with Gasteiger partial charge in [-0.05, 0) is 51.0 Å². The summed E-state index contributed by atoms with van der Waals surface area (Å²) in [6.45, 7) is 4.33. The minimum Gasteiger partial charge on any atom is -0.507 e. The molecule has 0 unspecified atom stereocenters. The Hall–Kier alpha value is -2.93. The van der Waals surface area contributed by atoms with Crippen molar-refractivity contribution in [3.05, 3.63) is 48.8 Å². The number of aromatic nitrogens is 4. The average molecular weight is 365 g/mol. The summed E-state index contributed by atoms with van der Waals surface area (Å²) in [5.41, 5.74) is 2.00. The normalized spacial score (nSPS) is 22.5. The first kappa shape index (κ1) is 17.5. The third-order valence-electron chi connectivity index (χ3n) is 4.76. The molecule has 7 heteroatoms. The molecule has 140 valence electrons. The number of piperidine rings is 1. The van der Waals surface area contributed by atoms with Gasteiger partial charge in [0.2, 0.25) is 5.88 Å². The Morgan fingerprint density at radius 1 is 1.11 bits per heavy atom. The molecular formula is C20H23N5O2. The van der Waals surface area contributed by atoms with E-state index in [9.17, 15) is 5.11 Å². The van der Waals surface area contributed by atoms with Crippen LogP contribution in [0.2, 0.25) is 0 Å². The Morgan fingerprint density at radius 2 is 1.93 bits per heavy atom. The zero-order valence-corrected chi connectivity index (χ0v) is 15.4. The van der Waals surface area contributed by atoms with Crippen LogP contribution in [0.25, 0.3) is 16.9 Å². The van der Waals surface area contributed by atoms with Gasteiger partial charge < -0.3 is 15.2 Å². The topological polar surface area (TPSA) is 85.1 Å². The SMILES string of the molecule is C[C@@H]1C[C@@H](Oc2ccc(-c3ccc(-n4cccn4)cc3O)nn2)C[C@H](C)N1. The minimum absolute atomic E-state index is 0.131. The molecule has 3 heterocycles. The zero-order valence-electron chi connectivity index (χ0n) is 15.4. The number of phenolic OH excluding ortho intramolecular Hbond substituents is 1. The summed E-state index contributed by atoms with van der Waals surface area (Å²) in [4.78, 5) is 0. The summed E-state index contributed by atoms with van der Waals surface area (Å²) in [7, 11) is 0. The molecule has 1 fully saturated rings. The summed E-state index contributed by atoms with van der Waals surface area (Å²) in [5.74, 6) is 0.643. The number of benzene rings is 1. The van der Waals surface area contributed by atoms with Crippen molar-refractivity contribution in [1.29, 1.82) is 0 Å². The number of hydrogen-bond donors (Lipinski definition) is 2. The van der Waals surface area contributed by atoms with Gasteiger partial charge in [-0.15, -0.1) is 10.2 Å². The van der Waals surface area contributed by atoms with Gasteiger partial charge in [0.15, 0.2) is 0 Å². The number of hydrogen-bond acceptors (Lipinski definition) is 6. The summed E-state index contributed by atoms with van der Waals surface area (Å²) in [6.07, 6.45) is 5.55. The summed E-state index contributed by atoms with van der Waals surface area (Å²) < 4.78 is 7.69. The standard InChI is InChI=1S/C20H23N5O2/c1-13-10-16(11-14(2)22-13)27-20-7-6-18(23-24-20)17-5-4-15(12-19(17)26)25-9-3-8-21-25/h3-9,12-14,16,22,26H,10-11H2,1-2H3/t13-,14+,16-. The lowest BCUT2D eigenvalue weighted by Crippen LogP contribution is -2.46. The molecule has 0 radical (unpaired) electrons. The molecule has 0 spiro atoms. The van der Waals surface area contributed by atoms with Crippen molar-refractivity contribution in [2.24, 2.45) is 0 Å². The van der Waals surface area contributed by atoms with Crippen LogP contribution >= 0.6 is 0 Å². The Bertz CT molecular complexity index is 885. The van der Waals surface area contributed by atoms with E-state index in [-0.39, 0.29) is 11.9 Å². The molecule has 0 saturated carbocycles. The molecule has 0 amide bonds. The van der Waals surface area contributed by atoms with Crippen LogP contribution in [0.5, 0.6) is 11.6 Å². The van der Waals surface area contributed by atoms with Crippen molar-refractivity contribution in [2.75, 3.05) is 0 Å². The molecule has 2 N–H and O–H groups in total. The molecule has 27 heavy (non-hydrogen) atoms. The van der Waals surface area contributed by atoms with Crippen molar-refractivity contribution in [2.45, 2.75) is 44.9 Å². The van der Waals surface area contributed by atoms with E-state index in [1.165, 1.54) is 0 Å². The predicted molar refractivity (Wildman–Crippen MR) is 102 cm³/mol. The van der Waals surface area contributed by atoms with Crippen molar-refractivity contribution in [1.82, 2.24) is 25.3 Å². The summed E-state index contributed by atoms with van der Waals surface area (Å²) in [6, 6.07) is 11.7. The molecule has 1 aromatic carbocycles. The van der Waals surface area contributed by atoms with E-state index in [4.69, 9.17) is 4.74 Å². The smallest absolute Gasteiger partial charge is 0.233 e. The van der Waals surface area contributed by atoms with Crippen molar-refractivity contribution >= 4 is 0 Å². The van der Waals surface area contributed by atoms with Crippen LogP contribution < -0.4 is 10.1 Å². The molecule has 3 aromatic rings. The van der Waals surface area contributed by atoms with Crippen LogP contribution in [0.4, 0.5) is 0 Å². The quantitative estimate of drug-likeness (QED) is 0.739. The molecule has 1 aliphatic heterocycles. The maximum absolute atomic E-state index is 10.4. The van der Waals surface area contributed by atoms with Gasteiger partial charge in [0.1, 0.15) is 11.9 Å². The van der Waals surface area contributed by atoms with E-state index in [2.05, 4.69) is 34.5 Å². The maximum atomic E-state index is 10.4. The van der Waals surface area contributed by atoms with E-state index >= 15 is 0 Å². The van der Waals surface area contributed by atoms with Gasteiger partial charge in [-0.25, -0.2) is 4.68 Å². The maximum Gasteiger partial charge on any atom is 0.233 e. The van der Waals surface area contributed by atoms with Gasteiger partial charge >= 0.3 is 0 Å². The van der Waals surface area contributed by atoms with Crippen molar-refractivity contribution in [3.63, 3.8) is 0 Å². The summed E-state index contributed by atoms with van der Waals surface area (Å²) >= 11 is 0. The second-order valence-corrected chi connectivity index (χ2v) is 7.09. The highest BCUT2D eigenvalue weighted by Gasteiger charge is 2.25. The number of ether oxygens (including phenoxy) is 1. The number of phenols is 1. The lowest BCUT2D eigenvalue weighted by atomic mass is 9.98. The molecule has 4 rings (SSSR count). The lowest BCUT2D eigenvalue weighted by Gasteiger charge is -2.32. The van der Waals surface area contributed by atoms with Gasteiger partial charge in [-0.1, -0.05) is 0 Å². The Balaban J connectivity index is 1.49. The van der Waals surface area contributed by atoms with E-state index < -0.39 is 0 Å². The van der Waals surface area contributed by atoms with Crippen LogP contribution in [0, 0.1) is 0 Å². The first-order valence-corrected chi connectivity index (χ1v) is 9.18. The van der Waals surface area contributed by atoms with Crippen molar-refractivity contribution < 1.29 is 9.84 Å². The van der Waals surface area contributed by atoms with E-state index in [0.717, 1.165) is 18.5 Å². The van der Waals surface area contributed by atoms with E-state index in [1.807, 2.05) is 30.5 Å². The molecule has 0 aliphatic carbocycles.